The number of carbonyl (C=O) groups excluding carboxylic acids is 1. The summed E-state index contributed by atoms with van der Waals surface area (Å²) in [5.74, 6) is 1.63. The second-order valence-corrected chi connectivity index (χ2v) is 8.13. The van der Waals surface area contributed by atoms with Gasteiger partial charge in [-0.2, -0.15) is 5.10 Å². The van der Waals surface area contributed by atoms with Crippen molar-refractivity contribution < 1.29 is 9.53 Å². The zero-order chi connectivity index (χ0) is 19.2. The first-order valence-electron chi connectivity index (χ1n) is 10.2. The number of piperidine rings is 1. The number of carbonyl (C=O) groups is 1. The molecule has 3 rings (SSSR count). The van der Waals surface area contributed by atoms with E-state index >= 15 is 0 Å². The third-order valence-corrected chi connectivity index (χ3v) is 5.38. The van der Waals surface area contributed by atoms with E-state index in [1.54, 1.807) is 6.92 Å². The molecule has 0 spiro atoms. The topological polar surface area (TPSA) is 61.8 Å². The van der Waals surface area contributed by atoms with Crippen LogP contribution in [-0.4, -0.2) is 84.2 Å². The molecule has 0 radical (unpaired) electrons. The molecule has 0 aromatic carbocycles. The Morgan fingerprint density at radius 3 is 2.48 bits per heavy atom. The molecule has 3 heterocycles. The van der Waals surface area contributed by atoms with Crippen LogP contribution in [0.4, 0.5) is 5.69 Å². The monoisotopic (exact) mass is 375 g/mol. The molecule has 2 saturated heterocycles. The summed E-state index contributed by atoms with van der Waals surface area (Å²) in [6.07, 6.45) is 4.34. The fourth-order valence-corrected chi connectivity index (χ4v) is 4.01. The van der Waals surface area contributed by atoms with Crippen LogP contribution in [0.15, 0.2) is 12.3 Å². The molecule has 0 amide bonds. The number of hydrogen-bond acceptors (Lipinski definition) is 7. The fraction of sp³-hybridized carbons (Fsp3) is 0.750. The molecule has 0 saturated carbocycles. The van der Waals surface area contributed by atoms with Crippen LogP contribution in [0.1, 0.15) is 33.6 Å². The number of ketones is 1. The summed E-state index contributed by atoms with van der Waals surface area (Å²) in [7, 11) is 0. The van der Waals surface area contributed by atoms with Crippen LogP contribution in [0.3, 0.4) is 0 Å². The molecule has 2 aliphatic heterocycles. The van der Waals surface area contributed by atoms with Crippen molar-refractivity contribution in [3.8, 4) is 5.88 Å². The van der Waals surface area contributed by atoms with Crippen LogP contribution in [0, 0.1) is 5.92 Å². The lowest BCUT2D eigenvalue weighted by Gasteiger charge is -2.39. The van der Waals surface area contributed by atoms with E-state index in [1.165, 1.54) is 19.4 Å². The van der Waals surface area contributed by atoms with Crippen molar-refractivity contribution in [2.75, 3.05) is 57.3 Å². The van der Waals surface area contributed by atoms with E-state index < -0.39 is 0 Å². The van der Waals surface area contributed by atoms with Crippen LogP contribution in [0.2, 0.25) is 0 Å². The maximum atomic E-state index is 11.3. The van der Waals surface area contributed by atoms with Gasteiger partial charge in [0.25, 0.3) is 0 Å². The largest absolute Gasteiger partial charge is 0.474 e. The Kier molecular flexibility index (Phi) is 7.01. The highest BCUT2D eigenvalue weighted by Crippen LogP contribution is 2.22. The van der Waals surface area contributed by atoms with E-state index in [0.717, 1.165) is 50.9 Å². The van der Waals surface area contributed by atoms with Gasteiger partial charge in [0.2, 0.25) is 5.88 Å². The molecule has 0 atom stereocenters. The average Bonchev–Trinajstić information content (AvgIpc) is 2.63. The van der Waals surface area contributed by atoms with E-state index in [9.17, 15) is 4.79 Å². The Balaban J connectivity index is 1.42. The molecule has 150 valence electrons. The predicted molar refractivity (Wildman–Crippen MR) is 106 cm³/mol. The highest BCUT2D eigenvalue weighted by Gasteiger charge is 2.24. The van der Waals surface area contributed by atoms with Crippen molar-refractivity contribution in [2.45, 2.75) is 39.7 Å². The van der Waals surface area contributed by atoms with Gasteiger partial charge in [-0.05, 0) is 52.6 Å². The minimum atomic E-state index is 0.105. The highest BCUT2D eigenvalue weighted by molar-refractivity contribution is 5.77. The second-order valence-electron chi connectivity index (χ2n) is 8.13. The number of likely N-dealkylation sites (tertiary alicyclic amines) is 1. The quantitative estimate of drug-likeness (QED) is 0.719. The van der Waals surface area contributed by atoms with Crippen molar-refractivity contribution >= 4 is 11.5 Å². The number of piperazine rings is 1. The SMILES string of the molecule is CC(=O)CN1CCC(CN2CCN(c3cnnc(OC(C)C)c3)CC2)CC1. The van der Waals surface area contributed by atoms with Gasteiger partial charge >= 0.3 is 0 Å². The van der Waals surface area contributed by atoms with Crippen LogP contribution >= 0.6 is 0 Å². The number of rotatable bonds is 7. The molecule has 0 aliphatic carbocycles. The Bertz CT molecular complexity index is 608. The standard InChI is InChI=1S/C20H33N5O2/c1-16(2)27-20-12-19(13-21-22-20)25-10-8-24(9-11-25)15-18-4-6-23(7-5-18)14-17(3)26/h12-13,16,18H,4-11,14-15H2,1-3H3. The summed E-state index contributed by atoms with van der Waals surface area (Å²) in [5.41, 5.74) is 1.10. The first-order valence-corrected chi connectivity index (χ1v) is 10.2. The average molecular weight is 376 g/mol. The number of anilines is 1. The summed E-state index contributed by atoms with van der Waals surface area (Å²) in [6.45, 7) is 13.8. The predicted octanol–water partition coefficient (Wildman–Crippen LogP) is 1.69. The summed E-state index contributed by atoms with van der Waals surface area (Å²) < 4.78 is 5.66. The van der Waals surface area contributed by atoms with Gasteiger partial charge in [-0.3, -0.25) is 14.6 Å². The molecular weight excluding hydrogens is 342 g/mol. The van der Waals surface area contributed by atoms with E-state index in [1.807, 2.05) is 26.1 Å². The summed E-state index contributed by atoms with van der Waals surface area (Å²) in [5, 5.41) is 8.15. The molecule has 1 aromatic rings. The Hall–Kier alpha value is -1.73. The van der Waals surface area contributed by atoms with Crippen LogP contribution in [0.5, 0.6) is 5.88 Å². The molecule has 2 fully saturated rings. The molecule has 1 aromatic heterocycles. The lowest BCUT2D eigenvalue weighted by atomic mass is 9.95. The second kappa shape index (κ2) is 9.46. The summed E-state index contributed by atoms with van der Waals surface area (Å²) >= 11 is 0. The molecule has 27 heavy (non-hydrogen) atoms. The Morgan fingerprint density at radius 2 is 1.85 bits per heavy atom. The summed E-state index contributed by atoms with van der Waals surface area (Å²) in [6, 6.07) is 1.99. The smallest absolute Gasteiger partial charge is 0.235 e. The normalized spacial score (nSPS) is 20.2. The Labute approximate surface area is 162 Å². The van der Waals surface area contributed by atoms with Gasteiger partial charge in [-0.15, -0.1) is 5.10 Å². The van der Waals surface area contributed by atoms with Crippen molar-refractivity contribution in [2.24, 2.45) is 5.92 Å². The van der Waals surface area contributed by atoms with Crippen LogP contribution < -0.4 is 9.64 Å². The third kappa shape index (κ3) is 6.14. The third-order valence-electron chi connectivity index (χ3n) is 5.38. The maximum Gasteiger partial charge on any atom is 0.235 e. The molecule has 2 aliphatic rings. The van der Waals surface area contributed by atoms with E-state index in [0.29, 0.717) is 12.4 Å². The van der Waals surface area contributed by atoms with Crippen molar-refractivity contribution in [3.05, 3.63) is 12.3 Å². The van der Waals surface area contributed by atoms with Crippen molar-refractivity contribution in [3.63, 3.8) is 0 Å². The molecule has 7 heteroatoms. The van der Waals surface area contributed by atoms with E-state index in [2.05, 4.69) is 24.9 Å². The molecular formula is C20H33N5O2. The number of ether oxygens (including phenoxy) is 1. The minimum absolute atomic E-state index is 0.105. The summed E-state index contributed by atoms with van der Waals surface area (Å²) in [4.78, 5) is 18.5. The molecule has 0 N–H and O–H groups in total. The number of Topliss-reactive ketones (excluding diaryl/α,β-unsaturated/α-hetero) is 1. The van der Waals surface area contributed by atoms with Crippen LogP contribution in [0.25, 0.3) is 0 Å². The molecule has 7 nitrogen and oxygen atoms in total. The van der Waals surface area contributed by atoms with Gasteiger partial charge in [-0.1, -0.05) is 0 Å². The van der Waals surface area contributed by atoms with E-state index in [4.69, 9.17) is 4.74 Å². The number of aromatic nitrogens is 2. The lowest BCUT2D eigenvalue weighted by molar-refractivity contribution is -0.118. The zero-order valence-corrected chi connectivity index (χ0v) is 16.9. The van der Waals surface area contributed by atoms with Gasteiger partial charge in [0.15, 0.2) is 0 Å². The Morgan fingerprint density at radius 1 is 1.15 bits per heavy atom. The zero-order valence-electron chi connectivity index (χ0n) is 16.9. The minimum Gasteiger partial charge on any atom is -0.474 e. The highest BCUT2D eigenvalue weighted by atomic mass is 16.5. The molecule has 0 unspecified atom stereocenters. The van der Waals surface area contributed by atoms with Gasteiger partial charge < -0.3 is 9.64 Å². The van der Waals surface area contributed by atoms with Crippen LogP contribution in [-0.2, 0) is 4.79 Å². The van der Waals surface area contributed by atoms with Gasteiger partial charge in [0.05, 0.1) is 24.5 Å². The van der Waals surface area contributed by atoms with Crippen molar-refractivity contribution in [1.29, 1.82) is 0 Å². The lowest BCUT2D eigenvalue weighted by Crippen LogP contribution is -2.49. The molecule has 0 bridgehead atoms. The van der Waals surface area contributed by atoms with Gasteiger partial charge in [0.1, 0.15) is 5.78 Å². The first-order chi connectivity index (χ1) is 13.0. The van der Waals surface area contributed by atoms with Crippen molar-refractivity contribution in [1.82, 2.24) is 20.0 Å². The fourth-order valence-electron chi connectivity index (χ4n) is 4.01. The maximum absolute atomic E-state index is 11.3. The number of hydrogen-bond donors (Lipinski definition) is 0. The number of nitrogens with zero attached hydrogens (tertiary/aromatic N) is 5. The van der Waals surface area contributed by atoms with Gasteiger partial charge in [0, 0.05) is 38.8 Å². The van der Waals surface area contributed by atoms with E-state index in [-0.39, 0.29) is 11.9 Å². The first kappa shape index (κ1) is 20.0. The van der Waals surface area contributed by atoms with Gasteiger partial charge in [-0.25, -0.2) is 0 Å².